The van der Waals surface area contributed by atoms with Gasteiger partial charge < -0.3 is 20.1 Å². The molecule has 0 fully saturated rings. The van der Waals surface area contributed by atoms with Crippen molar-refractivity contribution in [1.82, 2.24) is 10.6 Å². The molecular formula is C19H34IN3O2. The van der Waals surface area contributed by atoms with Gasteiger partial charge in [-0.2, -0.15) is 0 Å². The van der Waals surface area contributed by atoms with Gasteiger partial charge in [0.1, 0.15) is 0 Å². The van der Waals surface area contributed by atoms with E-state index in [0.29, 0.717) is 19.1 Å². The predicted molar refractivity (Wildman–Crippen MR) is 116 cm³/mol. The first-order chi connectivity index (χ1) is 11.7. The molecule has 144 valence electrons. The molecule has 0 aliphatic carbocycles. The minimum absolute atomic E-state index is 0. The molecule has 0 aromatic heterocycles. The zero-order valence-corrected chi connectivity index (χ0v) is 18.3. The average Bonchev–Trinajstić information content (AvgIpc) is 2.56. The Bertz CT molecular complexity index is 481. The number of benzene rings is 1. The molecule has 2 N–H and O–H groups in total. The minimum Gasteiger partial charge on any atom is -0.381 e. The first kappa shape index (κ1) is 24.1. The van der Waals surface area contributed by atoms with Gasteiger partial charge in [0.2, 0.25) is 0 Å². The number of nitrogens with zero attached hydrogens (tertiary/aromatic N) is 1. The van der Waals surface area contributed by atoms with E-state index in [1.165, 1.54) is 11.1 Å². The predicted octanol–water partition coefficient (Wildman–Crippen LogP) is 3.57. The minimum atomic E-state index is 0. The molecule has 0 unspecified atom stereocenters. The maximum atomic E-state index is 5.59. The number of nitrogens with one attached hydrogen (secondary N) is 2. The SMILES string of the molecule is CCNC(=NCc1cccc(COC)c1)NCCCOCC(C)C.I. The molecular weight excluding hydrogens is 429 g/mol. The van der Waals surface area contributed by atoms with E-state index >= 15 is 0 Å². The van der Waals surface area contributed by atoms with E-state index in [-0.39, 0.29) is 24.0 Å². The van der Waals surface area contributed by atoms with Crippen LogP contribution in [0.25, 0.3) is 0 Å². The second kappa shape index (κ2) is 15.4. The largest absolute Gasteiger partial charge is 0.381 e. The second-order valence-corrected chi connectivity index (χ2v) is 6.20. The molecule has 0 amide bonds. The van der Waals surface area contributed by atoms with Gasteiger partial charge in [0.05, 0.1) is 13.2 Å². The Morgan fingerprint density at radius 2 is 1.96 bits per heavy atom. The number of ether oxygens (including phenoxy) is 2. The van der Waals surface area contributed by atoms with Gasteiger partial charge in [0.25, 0.3) is 0 Å². The van der Waals surface area contributed by atoms with Gasteiger partial charge in [0, 0.05) is 33.4 Å². The Morgan fingerprint density at radius 3 is 2.64 bits per heavy atom. The highest BCUT2D eigenvalue weighted by Gasteiger charge is 1.99. The van der Waals surface area contributed by atoms with Crippen LogP contribution in [0.3, 0.4) is 0 Å². The fourth-order valence-corrected chi connectivity index (χ4v) is 2.20. The molecule has 0 saturated carbocycles. The lowest BCUT2D eigenvalue weighted by atomic mass is 10.1. The standard InChI is InChI=1S/C19H33N3O2.HI/c1-5-20-19(21-10-7-11-24-14-16(2)3)22-13-17-8-6-9-18(12-17)15-23-4;/h6,8-9,12,16H,5,7,10-11,13-15H2,1-4H3,(H2,20,21,22);1H. The molecule has 0 heterocycles. The summed E-state index contributed by atoms with van der Waals surface area (Å²) in [5.41, 5.74) is 2.35. The molecule has 5 nitrogen and oxygen atoms in total. The third kappa shape index (κ3) is 12.2. The molecule has 1 aromatic rings. The van der Waals surface area contributed by atoms with Crippen LogP contribution in [0.15, 0.2) is 29.3 Å². The van der Waals surface area contributed by atoms with Gasteiger partial charge in [-0.05, 0) is 30.4 Å². The Morgan fingerprint density at radius 1 is 1.20 bits per heavy atom. The number of halogens is 1. The summed E-state index contributed by atoms with van der Waals surface area (Å²) in [6, 6.07) is 8.34. The molecule has 0 saturated heterocycles. The van der Waals surface area contributed by atoms with Crippen molar-refractivity contribution in [3.63, 3.8) is 0 Å². The van der Waals surface area contributed by atoms with Gasteiger partial charge in [-0.15, -0.1) is 24.0 Å². The zero-order chi connectivity index (χ0) is 17.6. The third-order valence-electron chi connectivity index (χ3n) is 3.28. The van der Waals surface area contributed by atoms with Crippen molar-refractivity contribution in [1.29, 1.82) is 0 Å². The summed E-state index contributed by atoms with van der Waals surface area (Å²) in [6.45, 7) is 11.0. The van der Waals surface area contributed by atoms with Gasteiger partial charge in [-0.3, -0.25) is 0 Å². The summed E-state index contributed by atoms with van der Waals surface area (Å²) in [7, 11) is 1.71. The molecule has 1 rings (SSSR count). The molecule has 0 atom stereocenters. The molecule has 0 radical (unpaired) electrons. The molecule has 25 heavy (non-hydrogen) atoms. The van der Waals surface area contributed by atoms with Crippen molar-refractivity contribution in [2.75, 3.05) is 33.4 Å². The summed E-state index contributed by atoms with van der Waals surface area (Å²) in [5.74, 6) is 1.43. The number of aliphatic imine (C=N–C) groups is 1. The van der Waals surface area contributed by atoms with Gasteiger partial charge in [-0.25, -0.2) is 4.99 Å². The van der Waals surface area contributed by atoms with Crippen molar-refractivity contribution in [2.45, 2.75) is 40.3 Å². The highest BCUT2D eigenvalue weighted by molar-refractivity contribution is 14.0. The van der Waals surface area contributed by atoms with Crippen molar-refractivity contribution in [2.24, 2.45) is 10.9 Å². The third-order valence-corrected chi connectivity index (χ3v) is 3.28. The van der Waals surface area contributed by atoms with E-state index in [9.17, 15) is 0 Å². The lowest BCUT2D eigenvalue weighted by Gasteiger charge is -2.12. The second-order valence-electron chi connectivity index (χ2n) is 6.20. The summed E-state index contributed by atoms with van der Waals surface area (Å²) in [5, 5.41) is 6.63. The number of guanidine groups is 1. The summed E-state index contributed by atoms with van der Waals surface area (Å²) in [4.78, 5) is 4.64. The Hall–Kier alpha value is -0.860. The Labute approximate surface area is 170 Å². The Kier molecular flexibility index (Phi) is 14.9. The van der Waals surface area contributed by atoms with Crippen LogP contribution in [-0.4, -0.2) is 39.4 Å². The van der Waals surface area contributed by atoms with Crippen LogP contribution >= 0.6 is 24.0 Å². The lowest BCUT2D eigenvalue weighted by molar-refractivity contribution is 0.108. The smallest absolute Gasteiger partial charge is 0.191 e. The van der Waals surface area contributed by atoms with E-state index in [4.69, 9.17) is 9.47 Å². The van der Waals surface area contributed by atoms with Crippen LogP contribution in [0.4, 0.5) is 0 Å². The fourth-order valence-electron chi connectivity index (χ4n) is 2.20. The molecule has 6 heteroatoms. The topological polar surface area (TPSA) is 54.9 Å². The first-order valence-corrected chi connectivity index (χ1v) is 8.82. The van der Waals surface area contributed by atoms with E-state index < -0.39 is 0 Å². The molecule has 0 aliphatic heterocycles. The number of methoxy groups -OCH3 is 1. The van der Waals surface area contributed by atoms with Crippen LogP contribution < -0.4 is 10.6 Å². The van der Waals surface area contributed by atoms with Crippen LogP contribution in [0.2, 0.25) is 0 Å². The van der Waals surface area contributed by atoms with E-state index in [1.54, 1.807) is 7.11 Å². The highest BCUT2D eigenvalue weighted by Crippen LogP contribution is 2.07. The van der Waals surface area contributed by atoms with Crippen molar-refractivity contribution in [3.8, 4) is 0 Å². The monoisotopic (exact) mass is 463 g/mol. The number of hydrogen-bond acceptors (Lipinski definition) is 3. The first-order valence-electron chi connectivity index (χ1n) is 8.82. The average molecular weight is 463 g/mol. The summed E-state index contributed by atoms with van der Waals surface area (Å²) >= 11 is 0. The van der Waals surface area contributed by atoms with Crippen LogP contribution in [0.5, 0.6) is 0 Å². The van der Waals surface area contributed by atoms with Crippen molar-refractivity contribution < 1.29 is 9.47 Å². The van der Waals surface area contributed by atoms with E-state index in [2.05, 4.69) is 54.6 Å². The normalized spacial score (nSPS) is 11.3. The van der Waals surface area contributed by atoms with Crippen molar-refractivity contribution in [3.05, 3.63) is 35.4 Å². The molecule has 0 aliphatic rings. The number of rotatable bonds is 11. The fraction of sp³-hybridized carbons (Fsp3) is 0.632. The summed E-state index contributed by atoms with van der Waals surface area (Å²) in [6.07, 6.45) is 0.973. The number of hydrogen-bond donors (Lipinski definition) is 2. The highest BCUT2D eigenvalue weighted by atomic mass is 127. The van der Waals surface area contributed by atoms with Gasteiger partial charge in [-0.1, -0.05) is 38.1 Å². The molecule has 0 bridgehead atoms. The molecule has 0 spiro atoms. The van der Waals surface area contributed by atoms with Gasteiger partial charge in [0.15, 0.2) is 5.96 Å². The molecule has 1 aromatic carbocycles. The van der Waals surface area contributed by atoms with Gasteiger partial charge >= 0.3 is 0 Å². The quantitative estimate of drug-likeness (QED) is 0.228. The summed E-state index contributed by atoms with van der Waals surface area (Å²) < 4.78 is 10.8. The van der Waals surface area contributed by atoms with Crippen LogP contribution in [-0.2, 0) is 22.6 Å². The van der Waals surface area contributed by atoms with E-state index in [1.807, 2.05) is 6.07 Å². The van der Waals surface area contributed by atoms with E-state index in [0.717, 1.165) is 38.7 Å². The maximum Gasteiger partial charge on any atom is 0.191 e. The van der Waals surface area contributed by atoms with Crippen LogP contribution in [0, 0.1) is 5.92 Å². The maximum absolute atomic E-state index is 5.59. The van der Waals surface area contributed by atoms with Crippen molar-refractivity contribution >= 4 is 29.9 Å². The Balaban J connectivity index is 0.00000576. The lowest BCUT2D eigenvalue weighted by Crippen LogP contribution is -2.38. The zero-order valence-electron chi connectivity index (χ0n) is 16.0. The van der Waals surface area contributed by atoms with Crippen LogP contribution in [0.1, 0.15) is 38.3 Å².